The van der Waals surface area contributed by atoms with Crippen LogP contribution in [0.3, 0.4) is 0 Å². The number of benzene rings is 1. The number of nitriles is 2. The number of rotatable bonds is 11. The number of anilines is 1. The molecule has 1 aromatic heterocycles. The van der Waals surface area contributed by atoms with Gasteiger partial charge in [0.05, 0.1) is 22.6 Å². The van der Waals surface area contributed by atoms with Gasteiger partial charge in [0.2, 0.25) is 10.0 Å². The number of carbonyl (C=O) groups is 2. The van der Waals surface area contributed by atoms with Gasteiger partial charge in [-0.15, -0.1) is 11.3 Å². The Morgan fingerprint density at radius 1 is 1.02 bits per heavy atom. The zero-order valence-corrected chi connectivity index (χ0v) is 25.0. The lowest BCUT2D eigenvalue weighted by Gasteiger charge is -2.29. The number of amides is 2. The third-order valence-corrected chi connectivity index (χ3v) is 10.5. The molecule has 41 heavy (non-hydrogen) atoms. The maximum absolute atomic E-state index is 13.7. The molecule has 218 valence electrons. The number of sulfonamides is 1. The third-order valence-electron chi connectivity index (χ3n) is 7.46. The Morgan fingerprint density at radius 2 is 1.68 bits per heavy atom. The smallest absolute Gasteiger partial charge is 0.257 e. The first-order chi connectivity index (χ1) is 19.8. The molecule has 0 atom stereocenters. The van der Waals surface area contributed by atoms with Gasteiger partial charge in [-0.2, -0.15) is 14.8 Å². The van der Waals surface area contributed by atoms with E-state index in [0.717, 1.165) is 66.5 Å². The highest BCUT2D eigenvalue weighted by molar-refractivity contribution is 7.89. The molecule has 0 bridgehead atoms. The number of nitrogens with zero attached hydrogens (tertiary/aromatic N) is 5. The van der Waals surface area contributed by atoms with E-state index in [-0.39, 0.29) is 42.3 Å². The van der Waals surface area contributed by atoms with Crippen molar-refractivity contribution in [3.8, 4) is 12.1 Å². The Balaban J connectivity index is 1.57. The first-order valence-electron chi connectivity index (χ1n) is 14.1. The van der Waals surface area contributed by atoms with Crippen molar-refractivity contribution in [3.05, 3.63) is 45.8 Å². The summed E-state index contributed by atoms with van der Waals surface area (Å²) in [6.45, 7) is 6.15. The lowest BCUT2D eigenvalue weighted by Crippen LogP contribution is -2.37. The van der Waals surface area contributed by atoms with E-state index in [4.69, 9.17) is 10.5 Å². The van der Waals surface area contributed by atoms with Gasteiger partial charge in [0.15, 0.2) is 0 Å². The van der Waals surface area contributed by atoms with E-state index < -0.39 is 15.9 Å². The van der Waals surface area contributed by atoms with Crippen LogP contribution in [0.5, 0.6) is 0 Å². The van der Waals surface area contributed by atoms with Gasteiger partial charge in [-0.1, -0.05) is 6.92 Å². The van der Waals surface area contributed by atoms with Crippen LogP contribution in [0.1, 0.15) is 76.6 Å². The van der Waals surface area contributed by atoms with Crippen molar-refractivity contribution in [1.82, 2.24) is 14.1 Å². The highest BCUT2D eigenvalue weighted by Crippen LogP contribution is 2.38. The number of hydrogen-bond donors (Lipinski definition) is 1. The summed E-state index contributed by atoms with van der Waals surface area (Å²) in [6, 6.07) is 9.47. The fourth-order valence-electron chi connectivity index (χ4n) is 5.34. The second kappa shape index (κ2) is 14.1. The molecular formula is C29H36N6O4S2. The number of nitrogens with one attached hydrogen (secondary N) is 1. The molecule has 1 fully saturated rings. The quantitative estimate of drug-likeness (QED) is 0.410. The molecule has 0 saturated carbocycles. The molecule has 2 aliphatic rings. The molecule has 1 N–H and O–H groups in total. The summed E-state index contributed by atoms with van der Waals surface area (Å²) < 4.78 is 27.4. The van der Waals surface area contributed by atoms with Crippen molar-refractivity contribution in [2.75, 3.05) is 44.6 Å². The average molecular weight is 597 g/mol. The molecule has 1 saturated heterocycles. The molecule has 4 rings (SSSR count). The molecular weight excluding hydrogens is 560 g/mol. The molecule has 2 aromatic rings. The van der Waals surface area contributed by atoms with Crippen LogP contribution in [0.2, 0.25) is 0 Å². The first kappa shape index (κ1) is 30.7. The molecule has 0 spiro atoms. The Hall–Kier alpha value is -3.29. The predicted molar refractivity (Wildman–Crippen MR) is 157 cm³/mol. The van der Waals surface area contributed by atoms with E-state index in [1.165, 1.54) is 35.6 Å². The van der Waals surface area contributed by atoms with Crippen LogP contribution in [-0.2, 0) is 23.0 Å². The molecule has 2 amide bonds. The number of hydrogen-bond acceptors (Lipinski definition) is 8. The number of piperidine rings is 1. The Bertz CT molecular complexity index is 1420. The monoisotopic (exact) mass is 596 g/mol. The van der Waals surface area contributed by atoms with Crippen molar-refractivity contribution >= 4 is 38.2 Å². The van der Waals surface area contributed by atoms with Crippen LogP contribution in [0, 0.1) is 22.7 Å². The molecule has 1 aromatic carbocycles. The second-order valence-corrected chi connectivity index (χ2v) is 13.3. The van der Waals surface area contributed by atoms with Gasteiger partial charge in [0.1, 0.15) is 5.00 Å². The minimum atomic E-state index is -3.94. The van der Waals surface area contributed by atoms with E-state index in [9.17, 15) is 18.0 Å². The lowest BCUT2D eigenvalue weighted by atomic mass is 10.0. The average Bonchev–Trinajstić information content (AvgIpc) is 3.34. The van der Waals surface area contributed by atoms with Gasteiger partial charge in [-0.25, -0.2) is 8.42 Å². The fourth-order valence-corrected chi connectivity index (χ4v) is 8.06. The van der Waals surface area contributed by atoms with Gasteiger partial charge in [0, 0.05) is 62.6 Å². The summed E-state index contributed by atoms with van der Waals surface area (Å²) >= 11 is 1.46. The number of thiophene rings is 1. The van der Waals surface area contributed by atoms with Gasteiger partial charge >= 0.3 is 0 Å². The fraction of sp³-hybridized carbons (Fsp3) is 0.517. The molecule has 2 aliphatic heterocycles. The molecule has 12 heteroatoms. The molecule has 0 aliphatic carbocycles. The zero-order chi connectivity index (χ0) is 29.4. The lowest BCUT2D eigenvalue weighted by molar-refractivity contribution is 0.0724. The topological polar surface area (TPSA) is 138 Å². The maximum atomic E-state index is 13.7. The highest BCUT2D eigenvalue weighted by Gasteiger charge is 2.32. The Kier molecular flexibility index (Phi) is 10.5. The maximum Gasteiger partial charge on any atom is 0.257 e. The number of fused-ring (bicyclic) bond motifs is 1. The second-order valence-electron chi connectivity index (χ2n) is 10.3. The third kappa shape index (κ3) is 7.14. The van der Waals surface area contributed by atoms with Gasteiger partial charge in [-0.3, -0.25) is 14.5 Å². The van der Waals surface area contributed by atoms with Crippen molar-refractivity contribution in [2.45, 2.75) is 63.3 Å². The molecule has 10 nitrogen and oxygen atoms in total. The SMILES string of the molecule is CCCN1CCc2c(sc(NC(=O)c3ccc(S(=O)(=O)N(CCC#N)CCC#N)cc3)c2C(=O)N2CCCCC2)C1. The first-order valence-corrected chi connectivity index (χ1v) is 16.4. The highest BCUT2D eigenvalue weighted by atomic mass is 32.2. The van der Waals surface area contributed by atoms with Crippen molar-refractivity contribution in [2.24, 2.45) is 0 Å². The van der Waals surface area contributed by atoms with Crippen LogP contribution in [0.25, 0.3) is 0 Å². The van der Waals surface area contributed by atoms with Crippen LogP contribution in [-0.4, -0.2) is 73.6 Å². The summed E-state index contributed by atoms with van der Waals surface area (Å²) in [4.78, 5) is 32.4. The summed E-state index contributed by atoms with van der Waals surface area (Å²) in [5.41, 5.74) is 1.89. The molecule has 3 heterocycles. The van der Waals surface area contributed by atoms with Crippen molar-refractivity contribution in [3.63, 3.8) is 0 Å². The van der Waals surface area contributed by atoms with Crippen molar-refractivity contribution in [1.29, 1.82) is 10.5 Å². The minimum Gasteiger partial charge on any atom is -0.339 e. The summed E-state index contributed by atoms with van der Waals surface area (Å²) in [5.74, 6) is -0.450. The van der Waals surface area contributed by atoms with Crippen LogP contribution >= 0.6 is 11.3 Å². The molecule has 0 radical (unpaired) electrons. The van der Waals surface area contributed by atoms with Gasteiger partial charge < -0.3 is 10.2 Å². The van der Waals surface area contributed by atoms with Gasteiger partial charge in [0.25, 0.3) is 11.8 Å². The summed E-state index contributed by atoms with van der Waals surface area (Å²) in [6.07, 6.45) is 4.88. The van der Waals surface area contributed by atoms with Crippen molar-refractivity contribution < 1.29 is 18.0 Å². The number of carbonyl (C=O) groups excluding carboxylic acids is 2. The Labute approximate surface area is 246 Å². The minimum absolute atomic E-state index is 0.00459. The Morgan fingerprint density at radius 3 is 2.29 bits per heavy atom. The van der Waals surface area contributed by atoms with E-state index >= 15 is 0 Å². The van der Waals surface area contributed by atoms with E-state index in [2.05, 4.69) is 17.1 Å². The van der Waals surface area contributed by atoms with E-state index in [1.807, 2.05) is 17.0 Å². The van der Waals surface area contributed by atoms with Gasteiger partial charge in [-0.05, 0) is 68.5 Å². The largest absolute Gasteiger partial charge is 0.339 e. The number of likely N-dealkylation sites (tertiary alicyclic amines) is 1. The van der Waals surface area contributed by atoms with E-state index in [1.54, 1.807) is 0 Å². The summed E-state index contributed by atoms with van der Waals surface area (Å²) in [7, 11) is -3.94. The standard InChI is InChI=1S/C29H36N6O4S2/c1-2-15-33-20-12-24-25(21-33)40-28(26(24)29(37)34-16-4-3-5-17-34)32-27(36)22-8-10-23(11-9-22)41(38,39)35(18-6-13-30)19-7-14-31/h8-11H,2-7,12,15-21H2,1H3,(H,32,36). The van der Waals surface area contributed by atoms with Crippen LogP contribution in [0.4, 0.5) is 5.00 Å². The van der Waals surface area contributed by atoms with Crippen LogP contribution < -0.4 is 5.32 Å². The predicted octanol–water partition coefficient (Wildman–Crippen LogP) is 4.21. The van der Waals surface area contributed by atoms with E-state index in [0.29, 0.717) is 23.7 Å². The summed E-state index contributed by atoms with van der Waals surface area (Å²) in [5, 5.41) is 21.3. The van der Waals surface area contributed by atoms with Crippen LogP contribution in [0.15, 0.2) is 29.2 Å². The normalized spacial score (nSPS) is 15.7. The molecule has 0 unspecified atom stereocenters. The zero-order valence-electron chi connectivity index (χ0n) is 23.4.